The highest BCUT2D eigenvalue weighted by Gasteiger charge is 2.29. The molecular weight excluding hydrogens is 366 g/mol. The molecule has 2 aromatic rings. The average Bonchev–Trinajstić information content (AvgIpc) is 2.98. The van der Waals surface area contributed by atoms with Gasteiger partial charge in [0.15, 0.2) is 0 Å². The number of sulfonamides is 1. The third kappa shape index (κ3) is 2.52. The first kappa shape index (κ1) is 14.1. The van der Waals surface area contributed by atoms with Crippen LogP contribution in [0.3, 0.4) is 0 Å². The van der Waals surface area contributed by atoms with Gasteiger partial charge in [0, 0.05) is 6.54 Å². The molecule has 3 rings (SSSR count). The van der Waals surface area contributed by atoms with Gasteiger partial charge in [0.05, 0.1) is 15.5 Å². The Bertz CT molecular complexity index is 719. The third-order valence-electron chi connectivity index (χ3n) is 3.07. The first-order valence-corrected chi connectivity index (χ1v) is 9.09. The van der Waals surface area contributed by atoms with Gasteiger partial charge in [-0.25, -0.2) is 23.1 Å². The summed E-state index contributed by atoms with van der Waals surface area (Å²) in [5.74, 6) is 0.659. The molecule has 108 valence electrons. The zero-order valence-corrected chi connectivity index (χ0v) is 13.8. The maximum atomic E-state index is 12.4. The van der Waals surface area contributed by atoms with Crippen LogP contribution in [0.5, 0.6) is 0 Å². The molecule has 0 unspecified atom stereocenters. The van der Waals surface area contributed by atoms with Gasteiger partial charge in [-0.3, -0.25) is 0 Å². The molecular formula is C10H12BrN5O2S2. The summed E-state index contributed by atoms with van der Waals surface area (Å²) < 4.78 is 29.9. The second-order valence-corrected chi connectivity index (χ2v) is 8.70. The van der Waals surface area contributed by atoms with Crippen LogP contribution < -0.4 is 4.72 Å². The van der Waals surface area contributed by atoms with Gasteiger partial charge >= 0.3 is 0 Å². The number of halogens is 1. The van der Waals surface area contributed by atoms with E-state index in [0.717, 1.165) is 28.1 Å². The Kier molecular flexibility index (Phi) is 3.65. The molecule has 7 nitrogen and oxygen atoms in total. The number of rotatable bonds is 3. The van der Waals surface area contributed by atoms with Crippen LogP contribution in [0.2, 0.25) is 0 Å². The molecule has 3 heterocycles. The van der Waals surface area contributed by atoms with Gasteiger partial charge in [-0.1, -0.05) is 11.3 Å². The largest absolute Gasteiger partial charge is 0.268 e. The summed E-state index contributed by atoms with van der Waals surface area (Å²) in [5, 5.41) is 4.08. The number of hydrogen-bond acceptors (Lipinski definition) is 6. The van der Waals surface area contributed by atoms with Crippen molar-refractivity contribution >= 4 is 37.3 Å². The number of aromatic nitrogens is 4. The summed E-state index contributed by atoms with van der Waals surface area (Å²) in [6.07, 6.45) is 3.03. The SMILES string of the molecule is Cc1nc(S(=O)(=O)N[C@@H]2CCCn3ncnc32)sc1Br. The summed E-state index contributed by atoms with van der Waals surface area (Å²) in [7, 11) is -3.64. The summed E-state index contributed by atoms with van der Waals surface area (Å²) >= 11 is 4.40. The molecule has 1 N–H and O–H groups in total. The number of aryl methyl sites for hydroxylation is 2. The molecule has 0 spiro atoms. The number of hydrogen-bond donors (Lipinski definition) is 1. The normalized spacial score (nSPS) is 19.0. The lowest BCUT2D eigenvalue weighted by atomic mass is 10.1. The monoisotopic (exact) mass is 377 g/mol. The Balaban J connectivity index is 1.88. The highest BCUT2D eigenvalue weighted by molar-refractivity contribution is 9.11. The first-order valence-electron chi connectivity index (χ1n) is 6.00. The molecule has 0 fully saturated rings. The van der Waals surface area contributed by atoms with E-state index in [2.05, 4.69) is 35.7 Å². The van der Waals surface area contributed by atoms with E-state index in [1.807, 2.05) is 0 Å². The maximum absolute atomic E-state index is 12.4. The molecule has 1 aliphatic rings. The molecule has 0 aliphatic carbocycles. The van der Waals surface area contributed by atoms with Crippen LogP contribution in [0.25, 0.3) is 0 Å². The lowest BCUT2D eigenvalue weighted by Gasteiger charge is -2.22. The quantitative estimate of drug-likeness (QED) is 0.877. The fraction of sp³-hybridized carbons (Fsp3) is 0.500. The molecule has 0 radical (unpaired) electrons. The Morgan fingerprint density at radius 1 is 1.55 bits per heavy atom. The van der Waals surface area contributed by atoms with Crippen LogP contribution in [-0.2, 0) is 16.6 Å². The summed E-state index contributed by atoms with van der Waals surface area (Å²) in [6, 6.07) is -0.348. The zero-order chi connectivity index (χ0) is 14.3. The van der Waals surface area contributed by atoms with E-state index in [-0.39, 0.29) is 10.4 Å². The lowest BCUT2D eigenvalue weighted by Crippen LogP contribution is -2.33. The fourth-order valence-corrected chi connectivity index (χ4v) is 5.30. The van der Waals surface area contributed by atoms with E-state index >= 15 is 0 Å². The number of nitrogens with zero attached hydrogens (tertiary/aromatic N) is 4. The molecule has 10 heteroatoms. The second-order valence-electron chi connectivity index (χ2n) is 4.50. The molecule has 1 atom stereocenters. The van der Waals surface area contributed by atoms with Crippen molar-refractivity contribution in [1.82, 2.24) is 24.5 Å². The topological polar surface area (TPSA) is 89.8 Å². The minimum absolute atomic E-state index is 0.0681. The van der Waals surface area contributed by atoms with Crippen molar-refractivity contribution in [3.63, 3.8) is 0 Å². The van der Waals surface area contributed by atoms with E-state index in [0.29, 0.717) is 17.9 Å². The van der Waals surface area contributed by atoms with Gasteiger partial charge < -0.3 is 0 Å². The number of nitrogens with one attached hydrogen (secondary N) is 1. The van der Waals surface area contributed by atoms with Crippen LogP contribution in [0.15, 0.2) is 14.5 Å². The van der Waals surface area contributed by atoms with E-state index in [9.17, 15) is 8.42 Å². The Morgan fingerprint density at radius 2 is 2.35 bits per heavy atom. The van der Waals surface area contributed by atoms with Crippen molar-refractivity contribution in [2.24, 2.45) is 0 Å². The van der Waals surface area contributed by atoms with Gasteiger partial charge in [-0.05, 0) is 35.7 Å². The van der Waals surface area contributed by atoms with Crippen molar-refractivity contribution in [2.45, 2.75) is 36.7 Å². The second kappa shape index (κ2) is 5.17. The molecule has 0 aromatic carbocycles. The van der Waals surface area contributed by atoms with Crippen molar-refractivity contribution < 1.29 is 8.42 Å². The van der Waals surface area contributed by atoms with E-state index < -0.39 is 10.0 Å². The predicted octanol–water partition coefficient (Wildman–Crippen LogP) is 1.62. The van der Waals surface area contributed by atoms with Gasteiger partial charge in [0.1, 0.15) is 12.2 Å². The number of fused-ring (bicyclic) bond motifs is 1. The van der Waals surface area contributed by atoms with Crippen LogP contribution in [0.1, 0.15) is 30.4 Å². The van der Waals surface area contributed by atoms with Gasteiger partial charge in [0.25, 0.3) is 10.0 Å². The smallest absolute Gasteiger partial charge is 0.248 e. The minimum atomic E-state index is -3.64. The Morgan fingerprint density at radius 3 is 3.05 bits per heavy atom. The van der Waals surface area contributed by atoms with Gasteiger partial charge in [-0.15, -0.1) is 0 Å². The zero-order valence-electron chi connectivity index (χ0n) is 10.6. The fourth-order valence-electron chi connectivity index (χ4n) is 2.11. The van der Waals surface area contributed by atoms with Crippen LogP contribution in [0, 0.1) is 6.92 Å². The summed E-state index contributed by atoms with van der Waals surface area (Å²) in [5.41, 5.74) is 0.669. The van der Waals surface area contributed by atoms with Crippen molar-refractivity contribution in [2.75, 3.05) is 0 Å². The molecule has 0 saturated heterocycles. The highest BCUT2D eigenvalue weighted by atomic mass is 79.9. The van der Waals surface area contributed by atoms with Gasteiger partial charge in [0.2, 0.25) is 4.34 Å². The average molecular weight is 378 g/mol. The molecule has 0 saturated carbocycles. The molecule has 1 aliphatic heterocycles. The van der Waals surface area contributed by atoms with E-state index in [1.165, 1.54) is 6.33 Å². The molecule has 20 heavy (non-hydrogen) atoms. The molecule has 0 amide bonds. The third-order valence-corrected chi connectivity index (χ3v) is 6.92. The van der Waals surface area contributed by atoms with E-state index in [4.69, 9.17) is 0 Å². The van der Waals surface area contributed by atoms with E-state index in [1.54, 1.807) is 11.6 Å². The minimum Gasteiger partial charge on any atom is -0.248 e. The van der Waals surface area contributed by atoms with Crippen molar-refractivity contribution in [3.8, 4) is 0 Å². The Labute approximate surface area is 128 Å². The lowest BCUT2D eigenvalue weighted by molar-refractivity contribution is 0.400. The standard InChI is InChI=1S/C10H12BrN5O2S2/c1-6-8(11)19-10(14-6)20(17,18)15-7-3-2-4-16-9(7)12-5-13-16/h5,7,15H,2-4H2,1H3/t7-/m1/s1. The molecule has 2 aromatic heterocycles. The highest BCUT2D eigenvalue weighted by Crippen LogP contribution is 2.29. The first-order chi connectivity index (χ1) is 9.47. The summed E-state index contributed by atoms with van der Waals surface area (Å²) in [4.78, 5) is 8.21. The summed E-state index contributed by atoms with van der Waals surface area (Å²) in [6.45, 7) is 2.53. The van der Waals surface area contributed by atoms with Gasteiger partial charge in [-0.2, -0.15) is 9.82 Å². The van der Waals surface area contributed by atoms with Crippen LogP contribution in [-0.4, -0.2) is 28.2 Å². The molecule has 0 bridgehead atoms. The number of thiazole rings is 1. The van der Waals surface area contributed by atoms with Crippen LogP contribution in [0.4, 0.5) is 0 Å². The van der Waals surface area contributed by atoms with Crippen molar-refractivity contribution in [1.29, 1.82) is 0 Å². The Hall–Kier alpha value is -0.840. The maximum Gasteiger partial charge on any atom is 0.268 e. The predicted molar refractivity (Wildman–Crippen MR) is 76.9 cm³/mol. The van der Waals surface area contributed by atoms with Crippen molar-refractivity contribution in [3.05, 3.63) is 21.6 Å². The van der Waals surface area contributed by atoms with Crippen LogP contribution >= 0.6 is 27.3 Å².